The van der Waals surface area contributed by atoms with Crippen LogP contribution in [0.1, 0.15) is 41.8 Å². The minimum Gasteiger partial charge on any atom is -0.495 e. The van der Waals surface area contributed by atoms with Gasteiger partial charge in [-0.15, -0.1) is 0 Å². The zero-order chi connectivity index (χ0) is 19.6. The van der Waals surface area contributed by atoms with Crippen LogP contribution >= 0.6 is 0 Å². The van der Waals surface area contributed by atoms with Gasteiger partial charge in [0, 0.05) is 6.04 Å². The second-order valence-corrected chi connectivity index (χ2v) is 8.04. The van der Waals surface area contributed by atoms with Crippen LogP contribution in [0.4, 0.5) is 4.39 Å². The van der Waals surface area contributed by atoms with E-state index in [4.69, 9.17) is 9.47 Å². The molecule has 1 aliphatic rings. The average molecular weight is 393 g/mol. The maximum absolute atomic E-state index is 13.0. The first-order valence-corrected chi connectivity index (χ1v) is 9.95. The lowest BCUT2D eigenvalue weighted by atomic mass is 10.1. The summed E-state index contributed by atoms with van der Waals surface area (Å²) in [6.07, 6.45) is 0.960. The Morgan fingerprint density at radius 3 is 2.44 bits per heavy atom. The summed E-state index contributed by atoms with van der Waals surface area (Å²) in [4.78, 5) is 12.3. The summed E-state index contributed by atoms with van der Waals surface area (Å²) in [6, 6.07) is 9.63. The van der Waals surface area contributed by atoms with Gasteiger partial charge in [0.05, 0.1) is 12.7 Å². The number of carbonyl (C=O) groups excluding carboxylic acids is 1. The maximum Gasteiger partial charge on any atom is 0.338 e. The van der Waals surface area contributed by atoms with Gasteiger partial charge in [0.25, 0.3) is 0 Å². The molecule has 144 valence electrons. The highest BCUT2D eigenvalue weighted by molar-refractivity contribution is 7.89. The predicted molar refractivity (Wildman–Crippen MR) is 96.6 cm³/mol. The summed E-state index contributed by atoms with van der Waals surface area (Å²) in [5.41, 5.74) is 0.711. The Morgan fingerprint density at radius 2 is 1.85 bits per heavy atom. The Morgan fingerprint density at radius 1 is 1.19 bits per heavy atom. The molecule has 0 bridgehead atoms. The second-order valence-electron chi connectivity index (χ2n) is 6.36. The fourth-order valence-electron chi connectivity index (χ4n) is 2.53. The lowest BCUT2D eigenvalue weighted by molar-refractivity contribution is 0.0337. The zero-order valence-electron chi connectivity index (χ0n) is 14.9. The zero-order valence-corrected chi connectivity index (χ0v) is 15.8. The summed E-state index contributed by atoms with van der Waals surface area (Å²) in [5.74, 6) is -0.922. The lowest BCUT2D eigenvalue weighted by Crippen LogP contribution is -2.26. The number of nitrogens with one attached hydrogen (secondary N) is 1. The molecule has 1 aliphatic carbocycles. The van der Waals surface area contributed by atoms with Crippen molar-refractivity contribution in [2.24, 2.45) is 0 Å². The average Bonchev–Trinajstić information content (AvgIpc) is 3.44. The normalized spacial score (nSPS) is 15.2. The van der Waals surface area contributed by atoms with E-state index in [0.29, 0.717) is 5.56 Å². The molecular formula is C19H20FNO5S. The van der Waals surface area contributed by atoms with Gasteiger partial charge < -0.3 is 9.47 Å². The summed E-state index contributed by atoms with van der Waals surface area (Å²) in [5, 5.41) is 0. The molecule has 2 aromatic rings. The Balaban J connectivity index is 1.82. The van der Waals surface area contributed by atoms with E-state index >= 15 is 0 Å². The van der Waals surface area contributed by atoms with Gasteiger partial charge in [-0.05, 0) is 55.7 Å². The van der Waals surface area contributed by atoms with Gasteiger partial charge in [-0.2, -0.15) is 0 Å². The maximum atomic E-state index is 13.0. The monoisotopic (exact) mass is 393 g/mol. The van der Waals surface area contributed by atoms with Gasteiger partial charge in [0.15, 0.2) is 0 Å². The van der Waals surface area contributed by atoms with Gasteiger partial charge in [0.1, 0.15) is 22.6 Å². The Hall–Kier alpha value is -2.45. The van der Waals surface area contributed by atoms with Crippen LogP contribution in [0.25, 0.3) is 0 Å². The molecule has 1 N–H and O–H groups in total. The Kier molecular flexibility index (Phi) is 5.48. The number of carbonyl (C=O) groups is 1. The molecule has 0 heterocycles. The van der Waals surface area contributed by atoms with Crippen molar-refractivity contribution in [2.75, 3.05) is 7.11 Å². The Labute approximate surface area is 157 Å². The van der Waals surface area contributed by atoms with Crippen LogP contribution in [-0.4, -0.2) is 27.5 Å². The third kappa shape index (κ3) is 4.64. The number of ether oxygens (including phenoxy) is 2. The third-order valence-electron chi connectivity index (χ3n) is 4.21. The fourth-order valence-corrected chi connectivity index (χ4v) is 4.03. The number of hydrogen-bond acceptors (Lipinski definition) is 5. The van der Waals surface area contributed by atoms with Crippen molar-refractivity contribution >= 4 is 16.0 Å². The van der Waals surface area contributed by atoms with Crippen LogP contribution < -0.4 is 9.46 Å². The number of benzene rings is 2. The van der Waals surface area contributed by atoms with E-state index in [-0.39, 0.29) is 28.1 Å². The number of rotatable bonds is 7. The van der Waals surface area contributed by atoms with E-state index < -0.39 is 22.1 Å². The van der Waals surface area contributed by atoms with E-state index in [2.05, 4.69) is 4.72 Å². The topological polar surface area (TPSA) is 81.7 Å². The number of esters is 1. The molecule has 2 aromatic carbocycles. The van der Waals surface area contributed by atoms with Crippen LogP contribution in [0.5, 0.6) is 5.75 Å². The molecule has 6 nitrogen and oxygen atoms in total. The molecule has 0 radical (unpaired) electrons. The van der Waals surface area contributed by atoms with E-state index in [1.165, 1.54) is 49.6 Å². The highest BCUT2D eigenvalue weighted by Crippen LogP contribution is 2.29. The van der Waals surface area contributed by atoms with Crippen LogP contribution in [0, 0.1) is 5.82 Å². The first kappa shape index (κ1) is 19.3. The van der Waals surface area contributed by atoms with E-state index in [1.54, 1.807) is 6.92 Å². The molecule has 8 heteroatoms. The van der Waals surface area contributed by atoms with Crippen LogP contribution in [0.3, 0.4) is 0 Å². The first-order chi connectivity index (χ1) is 12.8. The fraction of sp³-hybridized carbons (Fsp3) is 0.316. The van der Waals surface area contributed by atoms with Crippen LogP contribution in [0.2, 0.25) is 0 Å². The smallest absolute Gasteiger partial charge is 0.338 e. The van der Waals surface area contributed by atoms with E-state index in [0.717, 1.165) is 12.8 Å². The SMILES string of the molecule is COc1ccc(C(=O)O[C@@H](C)c2ccc(F)cc2)cc1S(=O)(=O)NC1CC1. The molecule has 1 atom stereocenters. The number of sulfonamides is 1. The van der Waals surface area contributed by atoms with Crippen LogP contribution in [-0.2, 0) is 14.8 Å². The minimum atomic E-state index is -3.81. The molecule has 0 amide bonds. The van der Waals surface area contributed by atoms with Gasteiger partial charge in [0.2, 0.25) is 10.0 Å². The van der Waals surface area contributed by atoms with Gasteiger partial charge in [-0.1, -0.05) is 12.1 Å². The number of hydrogen-bond donors (Lipinski definition) is 1. The quantitative estimate of drug-likeness (QED) is 0.731. The van der Waals surface area contributed by atoms with Crippen molar-refractivity contribution < 1.29 is 27.1 Å². The number of halogens is 1. The lowest BCUT2D eigenvalue weighted by Gasteiger charge is -2.15. The van der Waals surface area contributed by atoms with Gasteiger partial charge >= 0.3 is 5.97 Å². The summed E-state index contributed by atoms with van der Waals surface area (Å²) < 4.78 is 51.2. The summed E-state index contributed by atoms with van der Waals surface area (Å²) in [7, 11) is -2.44. The Bertz CT molecular complexity index is 939. The highest BCUT2D eigenvalue weighted by Gasteiger charge is 2.30. The molecular weight excluding hydrogens is 373 g/mol. The largest absolute Gasteiger partial charge is 0.495 e. The molecule has 1 saturated carbocycles. The minimum absolute atomic E-state index is 0.0752. The van der Waals surface area contributed by atoms with Crippen molar-refractivity contribution in [3.05, 3.63) is 59.4 Å². The molecule has 27 heavy (non-hydrogen) atoms. The molecule has 0 aromatic heterocycles. The van der Waals surface area contributed by atoms with Crippen molar-refractivity contribution in [2.45, 2.75) is 36.8 Å². The van der Waals surface area contributed by atoms with Crippen molar-refractivity contribution in [1.29, 1.82) is 0 Å². The van der Waals surface area contributed by atoms with Crippen molar-refractivity contribution in [3.8, 4) is 5.75 Å². The highest BCUT2D eigenvalue weighted by atomic mass is 32.2. The van der Waals surface area contributed by atoms with Gasteiger partial charge in [-0.3, -0.25) is 0 Å². The molecule has 0 unspecified atom stereocenters. The van der Waals surface area contributed by atoms with Gasteiger partial charge in [-0.25, -0.2) is 22.3 Å². The third-order valence-corrected chi connectivity index (χ3v) is 5.75. The molecule has 3 rings (SSSR count). The second kappa shape index (κ2) is 7.66. The number of methoxy groups -OCH3 is 1. The predicted octanol–water partition coefficient (Wildman–Crippen LogP) is 3.19. The van der Waals surface area contributed by atoms with Crippen molar-refractivity contribution in [3.63, 3.8) is 0 Å². The van der Waals surface area contributed by atoms with Crippen molar-refractivity contribution in [1.82, 2.24) is 4.72 Å². The molecule has 0 spiro atoms. The first-order valence-electron chi connectivity index (χ1n) is 8.47. The van der Waals surface area contributed by atoms with E-state index in [1.807, 2.05) is 0 Å². The molecule has 0 saturated heterocycles. The van der Waals surface area contributed by atoms with E-state index in [9.17, 15) is 17.6 Å². The summed E-state index contributed by atoms with van der Waals surface area (Å²) >= 11 is 0. The summed E-state index contributed by atoms with van der Waals surface area (Å²) in [6.45, 7) is 1.65. The molecule has 1 fully saturated rings. The standard InChI is InChI=1S/C19H20FNO5S/c1-12(13-3-6-15(20)7-4-13)26-19(22)14-5-10-17(25-2)18(11-14)27(23,24)21-16-8-9-16/h3-7,10-12,16,21H,8-9H2,1-2H3/t12-/m0/s1. The van der Waals surface area contributed by atoms with Crippen LogP contribution in [0.15, 0.2) is 47.4 Å². The molecule has 0 aliphatic heterocycles.